The summed E-state index contributed by atoms with van der Waals surface area (Å²) in [5.74, 6) is 0.420. The second-order valence-electron chi connectivity index (χ2n) is 7.07. The Morgan fingerprint density at radius 1 is 1.27 bits per heavy atom. The van der Waals surface area contributed by atoms with Crippen molar-refractivity contribution in [1.82, 2.24) is 10.6 Å². The molecule has 0 aromatic heterocycles. The Balaban J connectivity index is 1.88. The molecule has 1 fully saturated rings. The number of amides is 2. The van der Waals surface area contributed by atoms with Crippen LogP contribution in [0.2, 0.25) is 5.02 Å². The van der Waals surface area contributed by atoms with E-state index in [0.717, 1.165) is 19.3 Å². The molecule has 144 valence electrons. The van der Waals surface area contributed by atoms with Crippen molar-refractivity contribution >= 4 is 39.3 Å². The summed E-state index contributed by atoms with van der Waals surface area (Å²) >= 11 is 9.30. The molecule has 1 aromatic rings. The van der Waals surface area contributed by atoms with Gasteiger partial charge in [-0.05, 0) is 74.2 Å². The first-order chi connectivity index (χ1) is 12.3. The van der Waals surface area contributed by atoms with Crippen molar-refractivity contribution in [3.8, 4) is 5.75 Å². The van der Waals surface area contributed by atoms with Gasteiger partial charge >= 0.3 is 0 Å². The number of halogens is 2. The van der Waals surface area contributed by atoms with E-state index in [-0.39, 0.29) is 29.8 Å². The van der Waals surface area contributed by atoms with Crippen LogP contribution in [0.25, 0.3) is 0 Å². The Kier molecular flexibility index (Phi) is 7.77. The van der Waals surface area contributed by atoms with Crippen LogP contribution in [0.5, 0.6) is 5.75 Å². The van der Waals surface area contributed by atoms with Gasteiger partial charge in [-0.1, -0.05) is 18.0 Å². The number of carbonyl (C=O) groups excluding carboxylic acids is 2. The molecule has 2 amide bonds. The van der Waals surface area contributed by atoms with Crippen molar-refractivity contribution in [2.24, 2.45) is 5.92 Å². The van der Waals surface area contributed by atoms with Gasteiger partial charge in [0, 0.05) is 23.0 Å². The first-order valence-electron chi connectivity index (χ1n) is 8.98. The van der Waals surface area contributed by atoms with E-state index in [1.807, 2.05) is 13.8 Å². The SMILES string of the molecule is CC(C)NC(=O)C1CCCC(NC(=O)C(C)Oc2ccc(Cl)cc2Br)C1. The molecule has 3 unspecified atom stereocenters. The molecule has 3 atom stereocenters. The molecule has 2 rings (SSSR count). The molecule has 0 aliphatic heterocycles. The van der Waals surface area contributed by atoms with E-state index < -0.39 is 6.10 Å². The van der Waals surface area contributed by atoms with Crippen LogP contribution in [0.3, 0.4) is 0 Å². The summed E-state index contributed by atoms with van der Waals surface area (Å²) in [6.07, 6.45) is 2.71. The van der Waals surface area contributed by atoms with Gasteiger partial charge in [-0.3, -0.25) is 9.59 Å². The summed E-state index contributed by atoms with van der Waals surface area (Å²) in [5.41, 5.74) is 0. The van der Waals surface area contributed by atoms with Crippen LogP contribution in [0, 0.1) is 5.92 Å². The fraction of sp³-hybridized carbons (Fsp3) is 0.579. The average Bonchev–Trinajstić information content (AvgIpc) is 2.57. The van der Waals surface area contributed by atoms with Gasteiger partial charge in [0.25, 0.3) is 5.91 Å². The summed E-state index contributed by atoms with van der Waals surface area (Å²) in [5, 5.41) is 6.57. The molecule has 0 saturated heterocycles. The van der Waals surface area contributed by atoms with E-state index in [2.05, 4.69) is 26.6 Å². The number of carbonyl (C=O) groups is 2. The minimum atomic E-state index is -0.641. The zero-order chi connectivity index (χ0) is 19.3. The molecule has 7 heteroatoms. The van der Waals surface area contributed by atoms with Gasteiger partial charge in [0.2, 0.25) is 5.91 Å². The lowest BCUT2D eigenvalue weighted by Crippen LogP contribution is -2.47. The second-order valence-corrected chi connectivity index (χ2v) is 8.36. The first kappa shape index (κ1) is 21.0. The number of hydrogen-bond donors (Lipinski definition) is 2. The van der Waals surface area contributed by atoms with Crippen LogP contribution < -0.4 is 15.4 Å². The van der Waals surface area contributed by atoms with Gasteiger partial charge in [-0.25, -0.2) is 0 Å². The maximum absolute atomic E-state index is 12.5. The highest BCUT2D eigenvalue weighted by molar-refractivity contribution is 9.10. The highest BCUT2D eigenvalue weighted by Gasteiger charge is 2.29. The maximum Gasteiger partial charge on any atom is 0.260 e. The van der Waals surface area contributed by atoms with E-state index in [4.69, 9.17) is 16.3 Å². The van der Waals surface area contributed by atoms with Crippen molar-refractivity contribution in [3.05, 3.63) is 27.7 Å². The van der Waals surface area contributed by atoms with Crippen molar-refractivity contribution in [2.45, 2.75) is 64.6 Å². The zero-order valence-corrected chi connectivity index (χ0v) is 17.7. The Bertz CT molecular complexity index is 654. The summed E-state index contributed by atoms with van der Waals surface area (Å²) < 4.78 is 6.44. The second kappa shape index (κ2) is 9.60. The van der Waals surface area contributed by atoms with Crippen molar-refractivity contribution in [2.75, 3.05) is 0 Å². The van der Waals surface area contributed by atoms with E-state index in [9.17, 15) is 9.59 Å². The van der Waals surface area contributed by atoms with Crippen molar-refractivity contribution in [3.63, 3.8) is 0 Å². The molecule has 1 aliphatic carbocycles. The van der Waals surface area contributed by atoms with Crippen LogP contribution in [-0.2, 0) is 9.59 Å². The molecule has 26 heavy (non-hydrogen) atoms. The number of nitrogens with one attached hydrogen (secondary N) is 2. The summed E-state index contributed by atoms with van der Waals surface area (Å²) in [6.45, 7) is 5.62. The average molecular weight is 446 g/mol. The smallest absolute Gasteiger partial charge is 0.260 e. The predicted molar refractivity (Wildman–Crippen MR) is 106 cm³/mol. The fourth-order valence-corrected chi connectivity index (χ4v) is 3.87. The number of benzene rings is 1. The number of hydrogen-bond acceptors (Lipinski definition) is 3. The Morgan fingerprint density at radius 2 is 2.00 bits per heavy atom. The van der Waals surface area contributed by atoms with Crippen LogP contribution in [0.1, 0.15) is 46.5 Å². The molecule has 0 heterocycles. The van der Waals surface area contributed by atoms with Crippen LogP contribution in [-0.4, -0.2) is 30.0 Å². The van der Waals surface area contributed by atoms with E-state index in [1.54, 1.807) is 25.1 Å². The maximum atomic E-state index is 12.5. The zero-order valence-electron chi connectivity index (χ0n) is 15.4. The normalized spacial score (nSPS) is 21.2. The third kappa shape index (κ3) is 6.16. The van der Waals surface area contributed by atoms with Gasteiger partial charge in [-0.2, -0.15) is 0 Å². The third-order valence-corrected chi connectivity index (χ3v) is 5.24. The van der Waals surface area contributed by atoms with E-state index in [1.165, 1.54) is 0 Å². The number of ether oxygens (including phenoxy) is 1. The lowest BCUT2D eigenvalue weighted by molar-refractivity contribution is -0.130. The molecule has 1 aliphatic rings. The minimum Gasteiger partial charge on any atom is -0.480 e. The Morgan fingerprint density at radius 3 is 2.65 bits per heavy atom. The molecular weight excluding hydrogens is 420 g/mol. The summed E-state index contributed by atoms with van der Waals surface area (Å²) in [6, 6.07) is 5.29. The molecule has 0 bridgehead atoms. The summed E-state index contributed by atoms with van der Waals surface area (Å²) in [7, 11) is 0. The van der Waals surface area contributed by atoms with Gasteiger partial charge < -0.3 is 15.4 Å². The highest BCUT2D eigenvalue weighted by atomic mass is 79.9. The van der Waals surface area contributed by atoms with E-state index in [0.29, 0.717) is 21.7 Å². The monoisotopic (exact) mass is 444 g/mol. The van der Waals surface area contributed by atoms with Crippen LogP contribution in [0.4, 0.5) is 0 Å². The minimum absolute atomic E-state index is 0.00105. The molecule has 0 radical (unpaired) electrons. The number of rotatable bonds is 6. The molecule has 1 saturated carbocycles. The third-order valence-electron chi connectivity index (χ3n) is 4.39. The first-order valence-corrected chi connectivity index (χ1v) is 10.2. The van der Waals surface area contributed by atoms with Gasteiger partial charge in [0.15, 0.2) is 6.10 Å². The van der Waals surface area contributed by atoms with E-state index >= 15 is 0 Å². The topological polar surface area (TPSA) is 67.4 Å². The fourth-order valence-electron chi connectivity index (χ4n) is 3.09. The van der Waals surface area contributed by atoms with Crippen LogP contribution in [0.15, 0.2) is 22.7 Å². The molecule has 1 aromatic carbocycles. The van der Waals surface area contributed by atoms with Crippen LogP contribution >= 0.6 is 27.5 Å². The Hall–Kier alpha value is -1.27. The molecular formula is C19H26BrClN2O3. The lowest BCUT2D eigenvalue weighted by Gasteiger charge is -2.30. The standard InChI is InChI=1S/C19H26BrClN2O3/c1-11(2)22-19(25)13-5-4-6-15(9-13)23-18(24)12(3)26-17-8-7-14(21)10-16(17)20/h7-8,10-13,15H,4-6,9H2,1-3H3,(H,22,25)(H,23,24). The van der Waals surface area contributed by atoms with Crippen molar-refractivity contribution < 1.29 is 14.3 Å². The summed E-state index contributed by atoms with van der Waals surface area (Å²) in [4.78, 5) is 24.7. The van der Waals surface area contributed by atoms with Gasteiger partial charge in [0.05, 0.1) is 4.47 Å². The Labute approximate surface area is 168 Å². The largest absolute Gasteiger partial charge is 0.480 e. The predicted octanol–water partition coefficient (Wildman–Crippen LogP) is 4.07. The van der Waals surface area contributed by atoms with Gasteiger partial charge in [0.1, 0.15) is 5.75 Å². The van der Waals surface area contributed by atoms with Crippen molar-refractivity contribution in [1.29, 1.82) is 0 Å². The quantitative estimate of drug-likeness (QED) is 0.693. The highest BCUT2D eigenvalue weighted by Crippen LogP contribution is 2.29. The molecule has 0 spiro atoms. The molecule has 2 N–H and O–H groups in total. The molecule has 5 nitrogen and oxygen atoms in total. The van der Waals surface area contributed by atoms with Gasteiger partial charge in [-0.15, -0.1) is 0 Å². The lowest BCUT2D eigenvalue weighted by atomic mass is 9.85.